The first kappa shape index (κ1) is 20.1. The number of rotatable bonds is 6. The van der Waals surface area contributed by atoms with Gasteiger partial charge in [0.2, 0.25) is 0 Å². The Bertz CT molecular complexity index is 550. The molecule has 1 unspecified atom stereocenters. The molecular formula is C22H36ClN3. The highest BCUT2D eigenvalue weighted by Gasteiger charge is 2.41. The lowest BCUT2D eigenvalue weighted by atomic mass is 9.97. The molecule has 1 atom stereocenters. The van der Waals surface area contributed by atoms with Gasteiger partial charge in [0, 0.05) is 30.7 Å². The van der Waals surface area contributed by atoms with Gasteiger partial charge in [0.1, 0.15) is 0 Å². The molecular weight excluding hydrogens is 342 g/mol. The number of likely N-dealkylation sites (tertiary alicyclic amines) is 2. The van der Waals surface area contributed by atoms with Gasteiger partial charge >= 0.3 is 0 Å². The summed E-state index contributed by atoms with van der Waals surface area (Å²) in [6.45, 7) is 11.0. The summed E-state index contributed by atoms with van der Waals surface area (Å²) < 4.78 is 0. The van der Waals surface area contributed by atoms with Crippen molar-refractivity contribution in [2.24, 2.45) is 5.92 Å². The van der Waals surface area contributed by atoms with Crippen LogP contribution in [0.1, 0.15) is 51.5 Å². The Morgan fingerprint density at radius 3 is 2.38 bits per heavy atom. The molecule has 1 saturated carbocycles. The minimum atomic E-state index is 0. The van der Waals surface area contributed by atoms with Gasteiger partial charge in [-0.05, 0) is 77.1 Å². The zero-order chi connectivity index (χ0) is 17.3. The standard InChI is InChI=1S/C22H35N3.ClH/c1-22(2)14-21(17-25(22)16-19-6-4-3-5-7-19)24-12-10-20(11-13-24)23-15-18-8-9-18;/h3-7,18,20-21,23H,8-17H2,1-2H3;1H. The third kappa shape index (κ3) is 5.01. The second kappa shape index (κ2) is 8.60. The van der Waals surface area contributed by atoms with Crippen LogP contribution in [0.4, 0.5) is 0 Å². The molecule has 0 spiro atoms. The van der Waals surface area contributed by atoms with Crippen LogP contribution in [0.15, 0.2) is 30.3 Å². The number of piperidine rings is 1. The molecule has 1 aromatic carbocycles. The Morgan fingerprint density at radius 1 is 1.04 bits per heavy atom. The molecule has 146 valence electrons. The van der Waals surface area contributed by atoms with E-state index in [-0.39, 0.29) is 12.4 Å². The van der Waals surface area contributed by atoms with Crippen LogP contribution in [0.25, 0.3) is 0 Å². The van der Waals surface area contributed by atoms with Gasteiger partial charge < -0.3 is 5.32 Å². The summed E-state index contributed by atoms with van der Waals surface area (Å²) in [6.07, 6.45) is 6.89. The number of hydrogen-bond donors (Lipinski definition) is 1. The zero-order valence-corrected chi connectivity index (χ0v) is 17.3. The van der Waals surface area contributed by atoms with Crippen molar-refractivity contribution in [1.82, 2.24) is 15.1 Å². The normalized spacial score (nSPS) is 27.4. The van der Waals surface area contributed by atoms with Crippen molar-refractivity contribution in [1.29, 1.82) is 0 Å². The molecule has 2 heterocycles. The summed E-state index contributed by atoms with van der Waals surface area (Å²) in [4.78, 5) is 5.48. The van der Waals surface area contributed by atoms with Gasteiger partial charge in [-0.2, -0.15) is 0 Å². The highest BCUT2D eigenvalue weighted by Crippen LogP contribution is 2.34. The van der Waals surface area contributed by atoms with Crippen molar-refractivity contribution in [2.45, 2.75) is 70.1 Å². The first-order valence-electron chi connectivity index (χ1n) is 10.4. The average molecular weight is 378 g/mol. The number of benzene rings is 1. The summed E-state index contributed by atoms with van der Waals surface area (Å²) in [5.41, 5.74) is 1.75. The minimum absolute atomic E-state index is 0. The number of hydrogen-bond acceptors (Lipinski definition) is 3. The van der Waals surface area contributed by atoms with E-state index >= 15 is 0 Å². The van der Waals surface area contributed by atoms with Crippen LogP contribution in [-0.2, 0) is 6.54 Å². The maximum absolute atomic E-state index is 3.82. The van der Waals surface area contributed by atoms with Gasteiger partial charge in [0.05, 0.1) is 0 Å². The predicted molar refractivity (Wildman–Crippen MR) is 112 cm³/mol. The fourth-order valence-electron chi connectivity index (χ4n) is 4.72. The average Bonchev–Trinajstić information content (AvgIpc) is 3.39. The molecule has 1 aromatic rings. The molecule has 2 saturated heterocycles. The molecule has 0 bridgehead atoms. The summed E-state index contributed by atoms with van der Waals surface area (Å²) in [5, 5.41) is 3.82. The molecule has 3 fully saturated rings. The Balaban J connectivity index is 0.00000196. The molecule has 0 amide bonds. The second-order valence-corrected chi connectivity index (χ2v) is 9.20. The van der Waals surface area contributed by atoms with E-state index < -0.39 is 0 Å². The van der Waals surface area contributed by atoms with Crippen LogP contribution in [0.2, 0.25) is 0 Å². The molecule has 4 rings (SSSR count). The maximum atomic E-state index is 3.82. The van der Waals surface area contributed by atoms with E-state index in [0.29, 0.717) is 5.54 Å². The van der Waals surface area contributed by atoms with Crippen molar-refractivity contribution in [2.75, 3.05) is 26.2 Å². The fourth-order valence-corrected chi connectivity index (χ4v) is 4.72. The maximum Gasteiger partial charge on any atom is 0.0240 e. The Kier molecular flexibility index (Phi) is 6.66. The fraction of sp³-hybridized carbons (Fsp3) is 0.727. The van der Waals surface area contributed by atoms with Crippen LogP contribution >= 0.6 is 12.4 Å². The van der Waals surface area contributed by atoms with Crippen molar-refractivity contribution in [3.8, 4) is 0 Å². The highest BCUT2D eigenvalue weighted by molar-refractivity contribution is 5.85. The first-order valence-corrected chi connectivity index (χ1v) is 10.4. The van der Waals surface area contributed by atoms with Crippen LogP contribution in [-0.4, -0.2) is 53.6 Å². The number of nitrogens with one attached hydrogen (secondary N) is 1. The van der Waals surface area contributed by atoms with Gasteiger partial charge in [-0.3, -0.25) is 9.80 Å². The first-order chi connectivity index (χ1) is 12.1. The topological polar surface area (TPSA) is 18.5 Å². The quantitative estimate of drug-likeness (QED) is 0.810. The molecule has 0 radical (unpaired) electrons. The van der Waals surface area contributed by atoms with Gasteiger partial charge in [-0.1, -0.05) is 30.3 Å². The van der Waals surface area contributed by atoms with Crippen molar-refractivity contribution < 1.29 is 0 Å². The van der Waals surface area contributed by atoms with E-state index in [4.69, 9.17) is 0 Å². The zero-order valence-electron chi connectivity index (χ0n) is 16.5. The van der Waals surface area contributed by atoms with Crippen LogP contribution in [0, 0.1) is 5.92 Å². The molecule has 26 heavy (non-hydrogen) atoms. The third-order valence-electron chi connectivity index (χ3n) is 6.68. The van der Waals surface area contributed by atoms with Crippen LogP contribution in [0.5, 0.6) is 0 Å². The Hall–Kier alpha value is -0.610. The van der Waals surface area contributed by atoms with Crippen LogP contribution < -0.4 is 5.32 Å². The smallest absolute Gasteiger partial charge is 0.0240 e. The van der Waals surface area contributed by atoms with Crippen LogP contribution in [0.3, 0.4) is 0 Å². The molecule has 3 aliphatic rings. The van der Waals surface area contributed by atoms with Gasteiger partial charge in [-0.15, -0.1) is 12.4 Å². The van der Waals surface area contributed by atoms with Crippen molar-refractivity contribution in [3.63, 3.8) is 0 Å². The van der Waals surface area contributed by atoms with Gasteiger partial charge in [0.15, 0.2) is 0 Å². The summed E-state index contributed by atoms with van der Waals surface area (Å²) in [6, 6.07) is 12.5. The van der Waals surface area contributed by atoms with Gasteiger partial charge in [-0.25, -0.2) is 0 Å². The summed E-state index contributed by atoms with van der Waals surface area (Å²) in [5.74, 6) is 1.00. The number of nitrogens with zero attached hydrogens (tertiary/aromatic N) is 2. The molecule has 1 aliphatic carbocycles. The van der Waals surface area contributed by atoms with Crippen molar-refractivity contribution in [3.05, 3.63) is 35.9 Å². The van der Waals surface area contributed by atoms with E-state index in [1.807, 2.05) is 0 Å². The lowest BCUT2D eigenvalue weighted by molar-refractivity contribution is 0.140. The molecule has 1 N–H and O–H groups in total. The third-order valence-corrected chi connectivity index (χ3v) is 6.68. The monoisotopic (exact) mass is 377 g/mol. The molecule has 4 heteroatoms. The highest BCUT2D eigenvalue weighted by atomic mass is 35.5. The predicted octanol–water partition coefficient (Wildman–Crippen LogP) is 3.93. The molecule has 0 aromatic heterocycles. The SMILES string of the molecule is CC1(C)CC(N2CCC(NCC3CC3)CC2)CN1Cc1ccccc1.Cl. The number of halogens is 1. The molecule has 2 aliphatic heterocycles. The van der Waals surface area contributed by atoms with E-state index in [1.165, 1.54) is 63.8 Å². The second-order valence-electron chi connectivity index (χ2n) is 9.20. The summed E-state index contributed by atoms with van der Waals surface area (Å²) >= 11 is 0. The van der Waals surface area contributed by atoms with E-state index in [2.05, 4.69) is 59.3 Å². The van der Waals surface area contributed by atoms with E-state index in [0.717, 1.165) is 24.5 Å². The van der Waals surface area contributed by atoms with E-state index in [9.17, 15) is 0 Å². The van der Waals surface area contributed by atoms with Crippen molar-refractivity contribution >= 4 is 12.4 Å². The summed E-state index contributed by atoms with van der Waals surface area (Å²) in [7, 11) is 0. The lowest BCUT2D eigenvalue weighted by Gasteiger charge is -2.36. The Labute approximate surface area is 165 Å². The van der Waals surface area contributed by atoms with E-state index in [1.54, 1.807) is 0 Å². The lowest BCUT2D eigenvalue weighted by Crippen LogP contribution is -2.47. The van der Waals surface area contributed by atoms with Gasteiger partial charge in [0.25, 0.3) is 0 Å². The largest absolute Gasteiger partial charge is 0.314 e. The minimum Gasteiger partial charge on any atom is -0.314 e. The molecule has 3 nitrogen and oxygen atoms in total. The Morgan fingerprint density at radius 2 is 1.73 bits per heavy atom.